The zero-order valence-corrected chi connectivity index (χ0v) is 28.8. The van der Waals surface area contributed by atoms with E-state index in [4.69, 9.17) is 0 Å². The Bertz CT molecular complexity index is 1250. The topological polar surface area (TPSA) is 226 Å². The summed E-state index contributed by atoms with van der Waals surface area (Å²) in [6.45, 7) is 1.47. The van der Waals surface area contributed by atoms with E-state index in [1.54, 1.807) is 19.9 Å². The molecule has 2 unspecified atom stereocenters. The zero-order chi connectivity index (χ0) is 30.3. The van der Waals surface area contributed by atoms with E-state index in [0.29, 0.717) is 40.7 Å². The molecule has 0 radical (unpaired) electrons. The molecule has 0 saturated carbocycles. The molecular weight excluding hydrogens is 645 g/mol. The average molecular weight is 684 g/mol. The number of phenols is 2. The first-order valence-electron chi connectivity index (χ1n) is 12.7. The Morgan fingerprint density at radius 3 is 1.95 bits per heavy atom. The van der Waals surface area contributed by atoms with Crippen molar-refractivity contribution in [3.05, 3.63) is 57.6 Å². The van der Waals surface area contributed by atoms with Gasteiger partial charge in [-0.1, -0.05) is 26.0 Å². The van der Waals surface area contributed by atoms with Crippen molar-refractivity contribution in [1.29, 1.82) is 0 Å². The molecule has 42 heavy (non-hydrogen) atoms. The van der Waals surface area contributed by atoms with E-state index in [9.17, 15) is 54.2 Å². The minimum atomic E-state index is -4.92. The number of aliphatic hydroxyl groups excluding tert-OH is 3. The van der Waals surface area contributed by atoms with Gasteiger partial charge in [0.2, 0.25) is 0 Å². The van der Waals surface area contributed by atoms with Crippen molar-refractivity contribution < 1.29 is 101 Å². The fourth-order valence-corrected chi connectivity index (χ4v) is 6.36. The second-order valence-corrected chi connectivity index (χ2v) is 12.8. The van der Waals surface area contributed by atoms with Crippen LogP contribution in [0.3, 0.4) is 0 Å². The molecule has 0 aliphatic rings. The minimum Gasteiger partial charge on any atom is -0.778 e. The van der Waals surface area contributed by atoms with Gasteiger partial charge in [-0.25, -0.2) is 0 Å². The third-order valence-corrected chi connectivity index (χ3v) is 8.14. The van der Waals surface area contributed by atoms with Gasteiger partial charge in [-0.2, -0.15) is 0 Å². The van der Waals surface area contributed by atoms with E-state index in [2.05, 4.69) is 0 Å². The van der Waals surface area contributed by atoms with Gasteiger partial charge in [-0.3, -0.25) is 14.4 Å². The maximum Gasteiger partial charge on any atom is 1.00 e. The predicted molar refractivity (Wildman–Crippen MR) is 145 cm³/mol. The van der Waals surface area contributed by atoms with Gasteiger partial charge in [0.25, 0.3) is 0 Å². The molecule has 0 heterocycles. The van der Waals surface area contributed by atoms with Crippen LogP contribution in [0.1, 0.15) is 47.2 Å². The number of benzene rings is 2. The quantitative estimate of drug-likeness (QED) is 0.0678. The molecule has 0 fully saturated rings. The van der Waals surface area contributed by atoms with E-state index in [-0.39, 0.29) is 96.5 Å². The molecule has 0 spiro atoms. The van der Waals surface area contributed by atoms with Crippen LogP contribution in [-0.2, 0) is 65.3 Å². The Morgan fingerprint density at radius 2 is 1.48 bits per heavy atom. The van der Waals surface area contributed by atoms with E-state index < -0.39 is 40.4 Å². The average Bonchev–Trinajstić information content (AvgIpc) is 2.86. The summed E-state index contributed by atoms with van der Waals surface area (Å²) in [6.07, 6.45) is -0.926. The van der Waals surface area contributed by atoms with Crippen LogP contribution in [0.25, 0.3) is 0 Å². The molecule has 0 aromatic heterocycles. The van der Waals surface area contributed by atoms with Crippen LogP contribution < -0.4 is 34.5 Å². The Hall–Kier alpha value is -0.341. The fraction of sp³-hybridized carbons (Fsp3) is 0.520. The zero-order valence-electron chi connectivity index (χ0n) is 23.9. The van der Waals surface area contributed by atoms with Gasteiger partial charge in [-0.15, -0.1) is 0 Å². The molecule has 17 heteroatoms. The predicted octanol–water partition coefficient (Wildman–Crippen LogP) is -2.49. The Balaban J connectivity index is 0.00000840. The first-order chi connectivity index (χ1) is 18.7. The molecule has 2 atom stereocenters. The van der Waals surface area contributed by atoms with E-state index in [0.717, 1.165) is 0 Å². The minimum absolute atomic E-state index is 0. The maximum absolute atomic E-state index is 12.1. The summed E-state index contributed by atoms with van der Waals surface area (Å²) in [4.78, 5) is 43.6. The largest absolute Gasteiger partial charge is 1.00 e. The molecule has 8 N–H and O–H groups in total. The molecule has 234 valence electrons. The Kier molecular flexibility index (Phi) is 18.4. The van der Waals surface area contributed by atoms with Crippen molar-refractivity contribution in [3.63, 3.8) is 0 Å². The second-order valence-electron chi connectivity index (χ2n) is 9.66. The first-order valence-corrected chi connectivity index (χ1v) is 16.2. The molecule has 0 amide bonds. The van der Waals surface area contributed by atoms with Gasteiger partial charge in [0, 0.05) is 53.9 Å². The van der Waals surface area contributed by atoms with Crippen LogP contribution >= 0.6 is 15.2 Å². The third-order valence-electron chi connectivity index (χ3n) is 6.65. The van der Waals surface area contributed by atoms with Crippen molar-refractivity contribution >= 4 is 15.2 Å². The second kappa shape index (κ2) is 18.6. The van der Waals surface area contributed by atoms with Crippen LogP contribution in [0.5, 0.6) is 11.5 Å². The number of hydrogen-bond acceptors (Lipinski definition) is 10. The van der Waals surface area contributed by atoms with E-state index in [1.807, 2.05) is 0 Å². The summed E-state index contributed by atoms with van der Waals surface area (Å²) in [7, 11) is -9.64. The van der Waals surface area contributed by atoms with Crippen molar-refractivity contribution in [2.75, 3.05) is 25.7 Å². The monoisotopic (exact) mass is 684 g/mol. The first kappa shape index (κ1) is 41.7. The number of aryl methyl sites for hydroxylation is 1. The van der Waals surface area contributed by atoms with Gasteiger partial charge < -0.3 is 49.7 Å². The van der Waals surface area contributed by atoms with Gasteiger partial charge in [-0.05, 0) is 47.2 Å². The number of nitrogens with zero attached hydrogens (tertiary/aromatic N) is 2. The molecule has 0 aliphatic heterocycles. The summed E-state index contributed by atoms with van der Waals surface area (Å²) < 4.78 is 24.0. The van der Waals surface area contributed by atoms with Gasteiger partial charge in [0.15, 0.2) is 0 Å². The fourth-order valence-electron chi connectivity index (χ4n) is 4.83. The number of hydrogen-bond donors (Lipinski definition) is 8. The summed E-state index contributed by atoms with van der Waals surface area (Å²) in [5, 5.41) is 50.7. The number of phenolic OH excluding ortho intramolecular Hbond substituents is 2. The molecular formula is C25H39FeN2NaO11P2. The molecule has 2 rings (SSSR count). The Labute approximate surface area is 278 Å². The normalized spacial score (nSPS) is 13.9. The van der Waals surface area contributed by atoms with Gasteiger partial charge in [0.1, 0.15) is 25.4 Å². The summed E-state index contributed by atoms with van der Waals surface area (Å²) in [6, 6.07) is 4.76. The Morgan fingerprint density at radius 1 is 0.833 bits per heavy atom. The van der Waals surface area contributed by atoms with Crippen molar-refractivity contribution in [3.8, 4) is 11.5 Å². The maximum atomic E-state index is 12.1. The smallest absolute Gasteiger partial charge is 0.778 e. The van der Waals surface area contributed by atoms with Crippen LogP contribution in [-0.4, -0.2) is 81.8 Å². The summed E-state index contributed by atoms with van der Waals surface area (Å²) in [5.74, 6) is -0.391. The van der Waals surface area contributed by atoms with Crippen molar-refractivity contribution in [1.82, 2.24) is 9.80 Å². The molecule has 0 saturated heterocycles. The number of rotatable bonds is 16. The van der Waals surface area contributed by atoms with Crippen molar-refractivity contribution in [2.45, 2.75) is 59.0 Å². The van der Waals surface area contributed by atoms with Gasteiger partial charge >= 0.3 is 37.2 Å². The van der Waals surface area contributed by atoms with Crippen LogP contribution in [0.15, 0.2) is 24.3 Å². The molecule has 2 aromatic rings. The summed E-state index contributed by atoms with van der Waals surface area (Å²) >= 11 is 0. The van der Waals surface area contributed by atoms with Crippen LogP contribution in [0.4, 0.5) is 0 Å². The molecule has 0 aliphatic carbocycles. The third kappa shape index (κ3) is 12.6. The molecule has 0 bridgehead atoms. The summed E-state index contributed by atoms with van der Waals surface area (Å²) in [5.41, 5.74) is 2.74. The number of aliphatic hydroxyl groups is 3. The SMILES string of the molecule is CCc1cc(CO)cc(O)c1CN(CC(CO)N(Cc1c(O)ccc(CO)c1CC)CP(=O)(O)O)CP(=O)([O-])O.[Fe].[Na+]. The molecule has 13 nitrogen and oxygen atoms in total. The standard InChI is InChI=1S/C25H40N2O11P2.Fe.Na/c1-3-18-7-17(12-28)8-25(32)22(18)10-26(15-39(33,34)35)9-20(14-30)27(16-40(36,37)38)11-23-21(4-2)19(13-29)5-6-24(23)31;;/h5-8,20,28-32H,3-4,9-16H2,1-2H3,(H2,33,34,35)(H2,36,37,38);;/q;;+1/p-1. The number of aromatic hydroxyl groups is 2. The van der Waals surface area contributed by atoms with Crippen molar-refractivity contribution in [2.24, 2.45) is 0 Å². The van der Waals surface area contributed by atoms with E-state index >= 15 is 0 Å². The van der Waals surface area contributed by atoms with Crippen LogP contribution in [0, 0.1) is 0 Å². The molecule has 2 aromatic carbocycles. The van der Waals surface area contributed by atoms with Gasteiger partial charge in [0.05, 0.1) is 26.1 Å². The van der Waals surface area contributed by atoms with E-state index in [1.165, 1.54) is 28.0 Å². The van der Waals surface area contributed by atoms with Crippen LogP contribution in [0.2, 0.25) is 0 Å².